The third kappa shape index (κ3) is 4.85. The predicted octanol–water partition coefficient (Wildman–Crippen LogP) is 3.41. The van der Waals surface area contributed by atoms with E-state index in [0.717, 1.165) is 6.07 Å². The molecule has 0 amide bonds. The predicted molar refractivity (Wildman–Crippen MR) is 85.6 cm³/mol. The Kier molecular flexibility index (Phi) is 5.51. The molecular weight excluding hydrogens is 337 g/mol. The van der Waals surface area contributed by atoms with Gasteiger partial charge in [-0.1, -0.05) is 6.07 Å². The van der Waals surface area contributed by atoms with Gasteiger partial charge in [-0.25, -0.2) is 4.98 Å². The molecule has 5 nitrogen and oxygen atoms in total. The van der Waals surface area contributed by atoms with Crippen molar-refractivity contribution < 1.29 is 27.8 Å². The molecule has 134 valence electrons. The highest BCUT2D eigenvalue weighted by molar-refractivity contribution is 5.63. The molecular formula is C17H17F3N2O3. The minimum atomic E-state index is -4.51. The van der Waals surface area contributed by atoms with Crippen LogP contribution in [0, 0.1) is 0 Å². The number of alkyl halides is 3. The minimum absolute atomic E-state index is 0.0533. The Morgan fingerprint density at radius 1 is 1.32 bits per heavy atom. The molecule has 0 radical (unpaired) electrons. The van der Waals surface area contributed by atoms with Gasteiger partial charge in [0.05, 0.1) is 17.9 Å². The van der Waals surface area contributed by atoms with Crippen LogP contribution in [0.5, 0.6) is 11.5 Å². The van der Waals surface area contributed by atoms with E-state index in [4.69, 9.17) is 4.74 Å². The van der Waals surface area contributed by atoms with Gasteiger partial charge in [0.15, 0.2) is 12.4 Å². The van der Waals surface area contributed by atoms with Crippen molar-refractivity contribution in [3.63, 3.8) is 0 Å². The number of benzene rings is 1. The van der Waals surface area contributed by atoms with Gasteiger partial charge in [0.2, 0.25) is 0 Å². The van der Waals surface area contributed by atoms with Crippen molar-refractivity contribution in [3.05, 3.63) is 47.8 Å². The molecule has 1 unspecified atom stereocenters. The molecule has 0 aliphatic heterocycles. The summed E-state index contributed by atoms with van der Waals surface area (Å²) in [4.78, 5) is 16.0. The number of anilines is 1. The molecule has 0 spiro atoms. The lowest BCUT2D eigenvalue weighted by atomic mass is 10.2. The summed E-state index contributed by atoms with van der Waals surface area (Å²) < 4.78 is 43.7. The van der Waals surface area contributed by atoms with Crippen molar-refractivity contribution in [1.82, 2.24) is 4.98 Å². The summed E-state index contributed by atoms with van der Waals surface area (Å²) in [6.45, 7) is 1.62. The summed E-state index contributed by atoms with van der Waals surface area (Å²) >= 11 is 0. The fourth-order valence-corrected chi connectivity index (χ4v) is 2.19. The molecule has 0 aliphatic carbocycles. The molecule has 1 aromatic heterocycles. The van der Waals surface area contributed by atoms with E-state index in [1.807, 2.05) is 0 Å². The monoisotopic (exact) mass is 354 g/mol. The van der Waals surface area contributed by atoms with Crippen molar-refractivity contribution in [3.8, 4) is 11.5 Å². The van der Waals surface area contributed by atoms with Crippen molar-refractivity contribution in [2.24, 2.45) is 0 Å². The van der Waals surface area contributed by atoms with Crippen molar-refractivity contribution in [1.29, 1.82) is 0 Å². The largest absolute Gasteiger partial charge is 0.508 e. The maximum Gasteiger partial charge on any atom is 0.433 e. The van der Waals surface area contributed by atoms with Crippen LogP contribution in [0.3, 0.4) is 0 Å². The van der Waals surface area contributed by atoms with Gasteiger partial charge in [-0.2, -0.15) is 13.2 Å². The van der Waals surface area contributed by atoms with E-state index in [-0.39, 0.29) is 23.7 Å². The van der Waals surface area contributed by atoms with Crippen LogP contribution < -0.4 is 9.64 Å². The average Bonchev–Trinajstić information content (AvgIpc) is 2.54. The van der Waals surface area contributed by atoms with Crippen LogP contribution in [0.4, 0.5) is 18.9 Å². The molecule has 1 heterocycles. The SMILES string of the molecule is CC(C=O)Oc1cc(O)ccc1N(C)Cc1cccc(C(F)(F)F)n1. The summed E-state index contributed by atoms with van der Waals surface area (Å²) in [5.41, 5.74) is -0.236. The second kappa shape index (κ2) is 7.42. The zero-order chi connectivity index (χ0) is 18.6. The number of pyridine rings is 1. The number of carbonyl (C=O) groups is 1. The van der Waals surface area contributed by atoms with Crippen LogP contribution in [-0.2, 0) is 17.5 Å². The average molecular weight is 354 g/mol. The van der Waals surface area contributed by atoms with Crippen LogP contribution in [0.2, 0.25) is 0 Å². The number of hydrogen-bond acceptors (Lipinski definition) is 5. The Morgan fingerprint density at radius 3 is 2.68 bits per heavy atom. The molecule has 8 heteroatoms. The van der Waals surface area contributed by atoms with Crippen molar-refractivity contribution >= 4 is 12.0 Å². The van der Waals surface area contributed by atoms with Gasteiger partial charge < -0.3 is 14.7 Å². The fourth-order valence-electron chi connectivity index (χ4n) is 2.19. The number of aromatic nitrogens is 1. The number of rotatable bonds is 6. The molecule has 0 bridgehead atoms. The summed E-state index contributed by atoms with van der Waals surface area (Å²) in [5, 5.41) is 9.60. The second-order valence-corrected chi connectivity index (χ2v) is 5.48. The number of carbonyl (C=O) groups excluding carboxylic acids is 1. The highest BCUT2D eigenvalue weighted by atomic mass is 19.4. The molecule has 1 aromatic carbocycles. The quantitative estimate of drug-likeness (QED) is 0.806. The van der Waals surface area contributed by atoms with E-state index in [2.05, 4.69) is 4.98 Å². The lowest BCUT2D eigenvalue weighted by Crippen LogP contribution is -2.21. The highest BCUT2D eigenvalue weighted by Gasteiger charge is 2.32. The van der Waals surface area contributed by atoms with E-state index in [1.54, 1.807) is 18.0 Å². The Hall–Kier alpha value is -2.77. The maximum atomic E-state index is 12.8. The van der Waals surface area contributed by atoms with Gasteiger partial charge >= 0.3 is 6.18 Å². The topological polar surface area (TPSA) is 62.7 Å². The highest BCUT2D eigenvalue weighted by Crippen LogP contribution is 2.33. The number of phenolic OH excluding ortho intramolecular Hbond substituents is 1. The van der Waals surface area contributed by atoms with Crippen LogP contribution in [0.15, 0.2) is 36.4 Å². The van der Waals surface area contributed by atoms with E-state index >= 15 is 0 Å². The van der Waals surface area contributed by atoms with Crippen molar-refractivity contribution in [2.75, 3.05) is 11.9 Å². The van der Waals surface area contributed by atoms with E-state index in [1.165, 1.54) is 31.2 Å². The Balaban J connectivity index is 2.26. The van der Waals surface area contributed by atoms with Crippen LogP contribution in [0.25, 0.3) is 0 Å². The molecule has 0 aliphatic rings. The summed E-state index contributed by atoms with van der Waals surface area (Å²) in [7, 11) is 1.65. The number of halogens is 3. The minimum Gasteiger partial charge on any atom is -0.508 e. The smallest absolute Gasteiger partial charge is 0.433 e. The first-order chi connectivity index (χ1) is 11.7. The lowest BCUT2D eigenvalue weighted by Gasteiger charge is -2.23. The van der Waals surface area contributed by atoms with Crippen molar-refractivity contribution in [2.45, 2.75) is 25.7 Å². The Bertz CT molecular complexity index is 750. The number of aromatic hydroxyl groups is 1. The van der Waals surface area contributed by atoms with Gasteiger partial charge in [0, 0.05) is 13.1 Å². The number of aldehydes is 1. The number of ether oxygens (including phenoxy) is 1. The first-order valence-electron chi connectivity index (χ1n) is 7.40. The second-order valence-electron chi connectivity index (χ2n) is 5.48. The molecule has 0 saturated carbocycles. The fraction of sp³-hybridized carbons (Fsp3) is 0.294. The summed E-state index contributed by atoms with van der Waals surface area (Å²) in [6.07, 6.45) is -4.65. The standard InChI is InChI=1S/C17H17F3N2O3/c1-11(10-23)25-15-8-13(24)6-7-14(15)22(2)9-12-4-3-5-16(21-12)17(18,19)20/h3-8,10-11,24H,9H2,1-2H3. The number of nitrogens with zero attached hydrogens (tertiary/aromatic N) is 2. The zero-order valence-corrected chi connectivity index (χ0v) is 13.6. The van der Waals surface area contributed by atoms with Crippen LogP contribution in [-0.4, -0.2) is 29.5 Å². The summed E-state index contributed by atoms with van der Waals surface area (Å²) in [6, 6.07) is 8.00. The molecule has 0 saturated heterocycles. The molecule has 1 N–H and O–H groups in total. The van der Waals surface area contributed by atoms with Gasteiger partial charge in [-0.3, -0.25) is 4.79 Å². The Morgan fingerprint density at radius 2 is 2.04 bits per heavy atom. The third-order valence-electron chi connectivity index (χ3n) is 3.36. The Labute approximate surface area is 142 Å². The van der Waals surface area contributed by atoms with Gasteiger partial charge in [-0.15, -0.1) is 0 Å². The normalized spacial score (nSPS) is 12.5. The zero-order valence-electron chi connectivity index (χ0n) is 13.6. The number of hydrogen-bond donors (Lipinski definition) is 1. The van der Waals surface area contributed by atoms with Gasteiger partial charge in [0.1, 0.15) is 17.2 Å². The van der Waals surface area contributed by atoms with Gasteiger partial charge in [-0.05, 0) is 31.2 Å². The van der Waals surface area contributed by atoms with Gasteiger partial charge in [0.25, 0.3) is 0 Å². The van der Waals surface area contributed by atoms with Crippen LogP contribution in [0.1, 0.15) is 18.3 Å². The molecule has 2 rings (SSSR count). The van der Waals surface area contributed by atoms with E-state index < -0.39 is 18.0 Å². The first-order valence-corrected chi connectivity index (χ1v) is 7.40. The van der Waals surface area contributed by atoms with Crippen LogP contribution >= 0.6 is 0 Å². The molecule has 1 atom stereocenters. The third-order valence-corrected chi connectivity index (χ3v) is 3.36. The molecule has 0 fully saturated rings. The number of phenols is 1. The van der Waals surface area contributed by atoms with E-state index in [9.17, 15) is 23.1 Å². The lowest BCUT2D eigenvalue weighted by molar-refractivity contribution is -0.141. The summed E-state index contributed by atoms with van der Waals surface area (Å²) in [5.74, 6) is 0.191. The maximum absolute atomic E-state index is 12.8. The first kappa shape index (κ1) is 18.6. The van der Waals surface area contributed by atoms with E-state index in [0.29, 0.717) is 12.0 Å². The molecule has 25 heavy (non-hydrogen) atoms. The molecule has 2 aromatic rings.